The number of aromatic nitrogens is 2. The molecule has 0 radical (unpaired) electrons. The van der Waals surface area contributed by atoms with Crippen molar-refractivity contribution in [2.75, 3.05) is 11.9 Å². The summed E-state index contributed by atoms with van der Waals surface area (Å²) in [6.07, 6.45) is 0.697. The van der Waals surface area contributed by atoms with E-state index in [1.54, 1.807) is 0 Å². The van der Waals surface area contributed by atoms with Crippen LogP contribution in [0.5, 0.6) is 0 Å². The van der Waals surface area contributed by atoms with Crippen molar-refractivity contribution in [1.82, 2.24) is 9.97 Å². The topological polar surface area (TPSA) is 58.0 Å². The maximum atomic E-state index is 9.51. The van der Waals surface area contributed by atoms with Gasteiger partial charge in [-0.2, -0.15) is 0 Å². The van der Waals surface area contributed by atoms with Gasteiger partial charge in [0.15, 0.2) is 11.0 Å². The summed E-state index contributed by atoms with van der Waals surface area (Å²) in [5.41, 5.74) is 2.78. The van der Waals surface area contributed by atoms with E-state index in [1.165, 1.54) is 0 Å². The van der Waals surface area contributed by atoms with Crippen molar-refractivity contribution in [2.24, 2.45) is 0 Å². The molecule has 4 nitrogen and oxygen atoms in total. The first-order valence-corrected chi connectivity index (χ1v) is 6.90. The predicted molar refractivity (Wildman–Crippen MR) is 81.2 cm³/mol. The molecule has 2 N–H and O–H groups in total. The van der Waals surface area contributed by atoms with Crippen LogP contribution >= 0.6 is 11.6 Å². The minimum Gasteiger partial charge on any atom is -0.394 e. The van der Waals surface area contributed by atoms with Gasteiger partial charge in [0.25, 0.3) is 0 Å². The summed E-state index contributed by atoms with van der Waals surface area (Å²) in [5.74, 6) is 0.518. The molecule has 20 heavy (non-hydrogen) atoms. The molecule has 1 heterocycles. The zero-order valence-electron chi connectivity index (χ0n) is 11.6. The first-order valence-electron chi connectivity index (χ1n) is 6.52. The molecule has 0 aliphatic heterocycles. The van der Waals surface area contributed by atoms with Crippen LogP contribution in [0.2, 0.25) is 5.15 Å². The fourth-order valence-electron chi connectivity index (χ4n) is 1.92. The van der Waals surface area contributed by atoms with Crippen LogP contribution in [0.25, 0.3) is 0 Å². The third kappa shape index (κ3) is 3.68. The van der Waals surface area contributed by atoms with E-state index in [4.69, 9.17) is 11.6 Å². The summed E-state index contributed by atoms with van der Waals surface area (Å²) in [5, 5.41) is 13.0. The lowest BCUT2D eigenvalue weighted by atomic mass is 10.1. The van der Waals surface area contributed by atoms with E-state index < -0.39 is 0 Å². The second-order valence-electron chi connectivity index (χ2n) is 4.75. The van der Waals surface area contributed by atoms with E-state index in [0.717, 1.165) is 17.0 Å². The highest BCUT2D eigenvalue weighted by molar-refractivity contribution is 6.31. The lowest BCUT2D eigenvalue weighted by Crippen LogP contribution is -2.27. The van der Waals surface area contributed by atoms with Gasteiger partial charge in [-0.3, -0.25) is 0 Å². The number of nitrogens with zero attached hydrogens (tertiary/aromatic N) is 2. The lowest BCUT2D eigenvalue weighted by Gasteiger charge is -2.18. The first kappa shape index (κ1) is 14.8. The lowest BCUT2D eigenvalue weighted by molar-refractivity contribution is 0.273. The van der Waals surface area contributed by atoms with Gasteiger partial charge in [-0.15, -0.1) is 0 Å². The second-order valence-corrected chi connectivity index (χ2v) is 5.11. The quantitative estimate of drug-likeness (QED) is 0.889. The summed E-state index contributed by atoms with van der Waals surface area (Å²) in [4.78, 5) is 8.61. The highest BCUT2D eigenvalue weighted by Crippen LogP contribution is 2.20. The Morgan fingerprint density at radius 3 is 2.45 bits per heavy atom. The van der Waals surface area contributed by atoms with E-state index in [1.807, 2.05) is 44.2 Å². The van der Waals surface area contributed by atoms with Gasteiger partial charge in [0, 0.05) is 0 Å². The monoisotopic (exact) mass is 291 g/mol. The van der Waals surface area contributed by atoms with Gasteiger partial charge < -0.3 is 10.4 Å². The number of hydrogen-bond acceptors (Lipinski definition) is 4. The molecule has 1 unspecified atom stereocenters. The van der Waals surface area contributed by atoms with Crippen molar-refractivity contribution >= 4 is 17.4 Å². The Labute approximate surface area is 123 Å². The minimum absolute atomic E-state index is 0.000171. The van der Waals surface area contributed by atoms with Crippen LogP contribution in [0.1, 0.15) is 17.0 Å². The van der Waals surface area contributed by atoms with Crippen LogP contribution in [0.4, 0.5) is 5.82 Å². The van der Waals surface area contributed by atoms with E-state index in [9.17, 15) is 5.11 Å². The van der Waals surface area contributed by atoms with Crippen LogP contribution in [0.15, 0.2) is 30.3 Å². The Bertz CT molecular complexity index is 575. The summed E-state index contributed by atoms with van der Waals surface area (Å²) in [6, 6.07) is 9.83. The Kier molecular flexibility index (Phi) is 4.93. The number of benzene rings is 1. The molecule has 1 aromatic carbocycles. The van der Waals surface area contributed by atoms with Crippen molar-refractivity contribution < 1.29 is 5.11 Å². The van der Waals surface area contributed by atoms with E-state index in [0.29, 0.717) is 17.4 Å². The zero-order valence-corrected chi connectivity index (χ0v) is 12.4. The average molecular weight is 292 g/mol. The van der Waals surface area contributed by atoms with Gasteiger partial charge in [0.05, 0.1) is 24.0 Å². The van der Waals surface area contributed by atoms with Gasteiger partial charge in [-0.1, -0.05) is 41.9 Å². The predicted octanol–water partition coefficient (Wildman–Crippen LogP) is 2.76. The van der Waals surface area contributed by atoms with Crippen molar-refractivity contribution in [3.05, 3.63) is 52.4 Å². The summed E-state index contributed by atoms with van der Waals surface area (Å²) in [7, 11) is 0. The van der Waals surface area contributed by atoms with Crippen molar-refractivity contribution in [3.63, 3.8) is 0 Å². The van der Waals surface area contributed by atoms with E-state index in [-0.39, 0.29) is 12.6 Å². The number of anilines is 1. The van der Waals surface area contributed by atoms with Crippen LogP contribution in [0, 0.1) is 13.8 Å². The Hall–Kier alpha value is -1.65. The molecule has 0 fully saturated rings. The van der Waals surface area contributed by atoms with Crippen LogP contribution in [-0.4, -0.2) is 27.7 Å². The fraction of sp³-hybridized carbons (Fsp3) is 0.333. The number of aryl methyl sites for hydroxylation is 2. The summed E-state index contributed by atoms with van der Waals surface area (Å²) < 4.78 is 0. The number of hydrogen-bond donors (Lipinski definition) is 2. The van der Waals surface area contributed by atoms with Gasteiger partial charge in [0.1, 0.15) is 0 Å². The van der Waals surface area contributed by atoms with Crippen LogP contribution in [-0.2, 0) is 6.42 Å². The SMILES string of the molecule is Cc1nc(Cl)c(NC(CO)Cc2ccccc2)nc1C. The highest BCUT2D eigenvalue weighted by atomic mass is 35.5. The molecule has 0 saturated heterocycles. The molecular weight excluding hydrogens is 274 g/mol. The number of aliphatic hydroxyl groups excluding tert-OH is 1. The number of rotatable bonds is 5. The molecule has 0 aliphatic carbocycles. The molecule has 1 atom stereocenters. The highest BCUT2D eigenvalue weighted by Gasteiger charge is 2.13. The molecule has 0 bridgehead atoms. The van der Waals surface area contributed by atoms with E-state index >= 15 is 0 Å². The number of halogens is 1. The molecule has 0 amide bonds. The summed E-state index contributed by atoms with van der Waals surface area (Å²) >= 11 is 6.09. The van der Waals surface area contributed by atoms with Gasteiger partial charge >= 0.3 is 0 Å². The van der Waals surface area contributed by atoms with Gasteiger partial charge in [-0.25, -0.2) is 9.97 Å². The third-order valence-electron chi connectivity index (χ3n) is 3.15. The molecule has 2 rings (SSSR count). The van der Waals surface area contributed by atoms with E-state index in [2.05, 4.69) is 15.3 Å². The maximum absolute atomic E-state index is 9.51. The van der Waals surface area contributed by atoms with Crippen LogP contribution in [0.3, 0.4) is 0 Å². The molecule has 0 aliphatic rings. The third-order valence-corrected chi connectivity index (χ3v) is 3.41. The number of nitrogens with one attached hydrogen (secondary N) is 1. The average Bonchev–Trinajstić information content (AvgIpc) is 2.45. The molecule has 0 spiro atoms. The fourth-order valence-corrected chi connectivity index (χ4v) is 2.14. The molecule has 2 aromatic rings. The maximum Gasteiger partial charge on any atom is 0.171 e. The smallest absolute Gasteiger partial charge is 0.171 e. The van der Waals surface area contributed by atoms with Gasteiger partial charge in [0.2, 0.25) is 0 Å². The standard InChI is InChI=1S/C15H18ClN3O/c1-10-11(2)18-15(14(16)17-10)19-13(9-20)8-12-6-4-3-5-7-12/h3-7,13,20H,8-9H2,1-2H3,(H,18,19). The molecular formula is C15H18ClN3O. The largest absolute Gasteiger partial charge is 0.394 e. The minimum atomic E-state index is -0.147. The van der Waals surface area contributed by atoms with Crippen LogP contribution < -0.4 is 5.32 Å². The molecule has 106 valence electrons. The number of aliphatic hydroxyl groups is 1. The zero-order chi connectivity index (χ0) is 14.5. The summed E-state index contributed by atoms with van der Waals surface area (Å²) in [6.45, 7) is 3.75. The van der Waals surface area contributed by atoms with Crippen molar-refractivity contribution in [3.8, 4) is 0 Å². The molecule has 1 aromatic heterocycles. The van der Waals surface area contributed by atoms with Gasteiger partial charge in [-0.05, 0) is 25.8 Å². The Morgan fingerprint density at radius 2 is 1.80 bits per heavy atom. The first-order chi connectivity index (χ1) is 9.60. The van der Waals surface area contributed by atoms with Crippen molar-refractivity contribution in [1.29, 1.82) is 0 Å². The Morgan fingerprint density at radius 1 is 1.15 bits per heavy atom. The molecule has 5 heteroatoms. The molecule has 0 saturated carbocycles. The van der Waals surface area contributed by atoms with Crippen molar-refractivity contribution in [2.45, 2.75) is 26.3 Å². The second kappa shape index (κ2) is 6.68. The Balaban J connectivity index is 2.12. The normalized spacial score (nSPS) is 12.2.